The van der Waals surface area contributed by atoms with Gasteiger partial charge in [0.25, 0.3) is 9.05 Å². The largest absolute Gasteiger partial charge is 0.492 e. The summed E-state index contributed by atoms with van der Waals surface area (Å²) in [6, 6.07) is 4.33. The van der Waals surface area contributed by atoms with Gasteiger partial charge in [-0.05, 0) is 25.1 Å². The molecule has 0 N–H and O–H groups in total. The molecule has 0 bridgehead atoms. The number of aryl methyl sites for hydroxylation is 1. The van der Waals surface area contributed by atoms with E-state index in [1.54, 1.807) is 22.9 Å². The normalized spacial score (nSPS) is 11.6. The van der Waals surface area contributed by atoms with Crippen molar-refractivity contribution in [1.29, 1.82) is 0 Å². The van der Waals surface area contributed by atoms with Crippen LogP contribution < -0.4 is 4.74 Å². The minimum atomic E-state index is -3.90. The van der Waals surface area contributed by atoms with E-state index in [1.807, 2.05) is 6.92 Å². The second kappa shape index (κ2) is 6.30. The summed E-state index contributed by atoms with van der Waals surface area (Å²) in [6.07, 6.45) is 0.654. The van der Waals surface area contributed by atoms with Gasteiger partial charge >= 0.3 is 0 Å². The van der Waals surface area contributed by atoms with Gasteiger partial charge in [-0.3, -0.25) is 0 Å². The number of aromatic nitrogens is 1. The van der Waals surface area contributed by atoms with E-state index in [1.165, 1.54) is 12.1 Å². The number of hydrogen-bond donors (Lipinski definition) is 0. The average molecular weight is 352 g/mol. The van der Waals surface area contributed by atoms with Crippen molar-refractivity contribution >= 4 is 42.7 Å². The van der Waals surface area contributed by atoms with E-state index >= 15 is 0 Å². The van der Waals surface area contributed by atoms with Crippen LogP contribution in [0.2, 0.25) is 5.02 Å². The molecule has 1 aromatic carbocycles. The summed E-state index contributed by atoms with van der Waals surface area (Å²) in [5.41, 5.74) is 2.72. The summed E-state index contributed by atoms with van der Waals surface area (Å²) < 4.78 is 28.4. The molecule has 0 aliphatic carbocycles. The monoisotopic (exact) mass is 351 g/mol. The van der Waals surface area contributed by atoms with Crippen molar-refractivity contribution in [1.82, 2.24) is 4.98 Å². The lowest BCUT2D eigenvalue weighted by atomic mass is 10.3. The maximum atomic E-state index is 11.5. The van der Waals surface area contributed by atoms with Gasteiger partial charge in [-0.15, -0.1) is 11.3 Å². The van der Waals surface area contributed by atoms with Crippen molar-refractivity contribution in [2.75, 3.05) is 6.61 Å². The molecule has 2 rings (SSSR count). The Labute approximate surface area is 130 Å². The third kappa shape index (κ3) is 3.85. The summed E-state index contributed by atoms with van der Waals surface area (Å²) in [6.45, 7) is 2.26. The molecule has 0 amide bonds. The molecule has 2 aromatic rings. The summed E-state index contributed by atoms with van der Waals surface area (Å²) in [4.78, 5) is 5.13. The molecule has 0 aliphatic heterocycles. The Balaban J connectivity index is 2.12. The molecule has 0 radical (unpaired) electrons. The fourth-order valence-electron chi connectivity index (χ4n) is 1.61. The highest BCUT2D eigenvalue weighted by Crippen LogP contribution is 2.30. The van der Waals surface area contributed by atoms with Gasteiger partial charge in [0.15, 0.2) is 0 Å². The third-order valence-corrected chi connectivity index (χ3v) is 5.17. The van der Waals surface area contributed by atoms with E-state index in [0.29, 0.717) is 13.0 Å². The first-order valence-electron chi connectivity index (χ1n) is 5.64. The molecule has 0 saturated heterocycles. The van der Waals surface area contributed by atoms with Gasteiger partial charge < -0.3 is 4.74 Å². The molecule has 108 valence electrons. The Bertz CT molecular complexity index is 713. The summed E-state index contributed by atoms with van der Waals surface area (Å²) >= 11 is 7.31. The van der Waals surface area contributed by atoms with Crippen LogP contribution in [0.3, 0.4) is 0 Å². The first kappa shape index (κ1) is 15.6. The summed E-state index contributed by atoms with van der Waals surface area (Å²) in [7, 11) is 1.47. The summed E-state index contributed by atoms with van der Waals surface area (Å²) in [5, 5.41) is 0.287. The van der Waals surface area contributed by atoms with Crippen molar-refractivity contribution in [2.24, 2.45) is 0 Å². The SMILES string of the molecule is Cc1ncsc1CCOc1ccc(Cl)cc1S(=O)(=O)Cl. The lowest BCUT2D eigenvalue weighted by Gasteiger charge is -2.09. The van der Waals surface area contributed by atoms with Crippen molar-refractivity contribution in [3.8, 4) is 5.75 Å². The molecule has 1 heterocycles. The predicted molar refractivity (Wildman–Crippen MR) is 80.5 cm³/mol. The van der Waals surface area contributed by atoms with E-state index in [4.69, 9.17) is 27.0 Å². The Hall–Kier alpha value is -0.820. The van der Waals surface area contributed by atoms with Gasteiger partial charge in [0.1, 0.15) is 10.6 Å². The molecule has 0 saturated carbocycles. The maximum absolute atomic E-state index is 11.5. The van der Waals surface area contributed by atoms with Crippen LogP contribution >= 0.6 is 33.6 Å². The quantitative estimate of drug-likeness (QED) is 0.771. The van der Waals surface area contributed by atoms with Gasteiger partial charge in [-0.25, -0.2) is 13.4 Å². The third-order valence-electron chi connectivity index (χ3n) is 2.60. The lowest BCUT2D eigenvalue weighted by molar-refractivity contribution is 0.314. The zero-order chi connectivity index (χ0) is 14.8. The number of thiazole rings is 1. The van der Waals surface area contributed by atoms with Crippen LogP contribution in [0.5, 0.6) is 5.75 Å². The Morgan fingerprint density at radius 3 is 2.75 bits per heavy atom. The van der Waals surface area contributed by atoms with Crippen LogP contribution in [-0.4, -0.2) is 20.0 Å². The molecular weight excluding hydrogens is 341 g/mol. The van der Waals surface area contributed by atoms with Crippen LogP contribution in [0.4, 0.5) is 0 Å². The van der Waals surface area contributed by atoms with Crippen LogP contribution in [0.25, 0.3) is 0 Å². The Morgan fingerprint density at radius 2 is 2.15 bits per heavy atom. The van der Waals surface area contributed by atoms with Gasteiger partial charge in [-0.1, -0.05) is 11.6 Å². The molecule has 0 fully saturated rings. The number of benzene rings is 1. The molecule has 20 heavy (non-hydrogen) atoms. The van der Waals surface area contributed by atoms with Crippen LogP contribution in [0.1, 0.15) is 10.6 Å². The van der Waals surface area contributed by atoms with E-state index in [9.17, 15) is 8.42 Å². The molecule has 0 spiro atoms. The maximum Gasteiger partial charge on any atom is 0.265 e. The zero-order valence-electron chi connectivity index (χ0n) is 10.5. The van der Waals surface area contributed by atoms with Crippen molar-refractivity contribution in [3.05, 3.63) is 39.3 Å². The molecule has 0 unspecified atom stereocenters. The second-order valence-electron chi connectivity index (χ2n) is 3.99. The van der Waals surface area contributed by atoms with Gasteiger partial charge in [0, 0.05) is 27.0 Å². The van der Waals surface area contributed by atoms with Gasteiger partial charge in [0.2, 0.25) is 0 Å². The highest BCUT2D eigenvalue weighted by Gasteiger charge is 2.17. The first-order chi connectivity index (χ1) is 9.38. The number of ether oxygens (including phenoxy) is 1. The van der Waals surface area contributed by atoms with Crippen molar-refractivity contribution in [3.63, 3.8) is 0 Å². The number of halogens is 2. The minimum Gasteiger partial charge on any atom is -0.492 e. The fourth-order valence-corrected chi connectivity index (χ4v) is 3.61. The number of rotatable bonds is 5. The predicted octanol–water partition coefficient (Wildman–Crippen LogP) is 3.65. The van der Waals surface area contributed by atoms with Crippen LogP contribution in [0, 0.1) is 6.92 Å². The standard InChI is InChI=1S/C12H11Cl2NO3S2/c1-8-11(19-7-15-8)4-5-18-10-3-2-9(13)6-12(10)20(14,16)17/h2-3,6-7H,4-5H2,1H3. The van der Waals surface area contributed by atoms with E-state index < -0.39 is 9.05 Å². The molecule has 0 atom stereocenters. The van der Waals surface area contributed by atoms with Crippen molar-refractivity contribution in [2.45, 2.75) is 18.2 Å². The Kier molecular flexibility index (Phi) is 4.90. The zero-order valence-corrected chi connectivity index (χ0v) is 13.6. The fraction of sp³-hybridized carbons (Fsp3) is 0.250. The minimum absolute atomic E-state index is 0.118. The highest BCUT2D eigenvalue weighted by atomic mass is 35.7. The molecule has 0 aliphatic rings. The number of hydrogen-bond acceptors (Lipinski definition) is 5. The van der Waals surface area contributed by atoms with E-state index in [0.717, 1.165) is 10.6 Å². The smallest absolute Gasteiger partial charge is 0.265 e. The molecule has 8 heteroatoms. The highest BCUT2D eigenvalue weighted by molar-refractivity contribution is 8.13. The molecule has 1 aromatic heterocycles. The summed E-state index contributed by atoms with van der Waals surface area (Å²) in [5.74, 6) is 0.201. The Morgan fingerprint density at radius 1 is 1.40 bits per heavy atom. The number of nitrogens with zero attached hydrogens (tertiary/aromatic N) is 1. The first-order valence-corrected chi connectivity index (χ1v) is 9.20. The topological polar surface area (TPSA) is 56.3 Å². The van der Waals surface area contributed by atoms with Gasteiger partial charge in [0.05, 0.1) is 17.8 Å². The van der Waals surface area contributed by atoms with E-state index in [-0.39, 0.29) is 15.7 Å². The van der Waals surface area contributed by atoms with Crippen LogP contribution in [-0.2, 0) is 15.5 Å². The van der Waals surface area contributed by atoms with Crippen LogP contribution in [0.15, 0.2) is 28.6 Å². The van der Waals surface area contributed by atoms with Crippen molar-refractivity contribution < 1.29 is 13.2 Å². The molecule has 4 nitrogen and oxygen atoms in total. The molecular formula is C12H11Cl2NO3S2. The second-order valence-corrected chi connectivity index (χ2v) is 7.90. The average Bonchev–Trinajstić information content (AvgIpc) is 2.76. The lowest BCUT2D eigenvalue weighted by Crippen LogP contribution is -2.04. The van der Waals surface area contributed by atoms with Gasteiger partial charge in [-0.2, -0.15) is 0 Å². The van der Waals surface area contributed by atoms with E-state index in [2.05, 4.69) is 4.98 Å².